The monoisotopic (exact) mass is 395 g/mol. The molecule has 0 amide bonds. The largest absolute Gasteiger partial charge is 0.465 e. The minimum atomic E-state index is -0.130. The number of carbonyl (C=O) groups is 1. The second-order valence-electron chi connectivity index (χ2n) is 10.7. The van der Waals surface area contributed by atoms with Crippen LogP contribution in [0, 0.1) is 22.2 Å². The van der Waals surface area contributed by atoms with Gasteiger partial charge in [0, 0.05) is 13.2 Å². The van der Waals surface area contributed by atoms with Crippen LogP contribution in [0.25, 0.3) is 0 Å². The van der Waals surface area contributed by atoms with E-state index in [1.165, 1.54) is 38.5 Å². The Labute approximate surface area is 170 Å². The van der Waals surface area contributed by atoms with E-state index in [0.717, 1.165) is 44.4 Å². The molecular weight excluding hydrogens is 354 g/mol. The van der Waals surface area contributed by atoms with Gasteiger partial charge in [-0.1, -0.05) is 0 Å². The van der Waals surface area contributed by atoms with Crippen molar-refractivity contribution in [3.05, 3.63) is 0 Å². The molecule has 5 nitrogen and oxygen atoms in total. The minimum absolute atomic E-state index is 0.130. The van der Waals surface area contributed by atoms with Gasteiger partial charge in [0.1, 0.15) is 0 Å². The second kappa shape index (κ2) is 9.01. The number of hydrogen-bond acceptors (Lipinski definition) is 5. The van der Waals surface area contributed by atoms with Crippen LogP contribution in [0.4, 0.5) is 0 Å². The first-order valence-electron chi connectivity index (χ1n) is 11.4. The lowest BCUT2D eigenvalue weighted by atomic mass is 9.37. The first-order chi connectivity index (χ1) is 13.3. The summed E-state index contributed by atoms with van der Waals surface area (Å²) in [6.45, 7) is 1.48. The number of nitrogens with zero attached hydrogens (tertiary/aromatic N) is 1. The summed E-state index contributed by atoms with van der Waals surface area (Å²) in [5.74, 6) is 0.680. The predicted octanol–water partition coefficient (Wildman–Crippen LogP) is 3.37. The van der Waals surface area contributed by atoms with Crippen LogP contribution in [0.1, 0.15) is 77.0 Å². The van der Waals surface area contributed by atoms with E-state index in [9.17, 15) is 15.0 Å². The van der Waals surface area contributed by atoms with E-state index in [1.54, 1.807) is 0 Å². The average molecular weight is 396 g/mol. The lowest BCUT2D eigenvalue weighted by Gasteiger charge is -2.67. The maximum atomic E-state index is 11.8. The Bertz CT molecular complexity index is 511. The highest BCUT2D eigenvalue weighted by molar-refractivity contribution is 5.71. The SMILES string of the molecule is CN(C)CC(=O)OCCCC12CC3CC(CCCO)(CC(CCCO)(C3)C1)C2. The summed E-state index contributed by atoms with van der Waals surface area (Å²) in [5, 5.41) is 18.9. The molecule has 4 saturated carbocycles. The van der Waals surface area contributed by atoms with E-state index < -0.39 is 0 Å². The Balaban J connectivity index is 1.63. The summed E-state index contributed by atoms with van der Waals surface area (Å²) in [4.78, 5) is 13.6. The molecule has 0 aromatic heterocycles. The van der Waals surface area contributed by atoms with E-state index in [2.05, 4.69) is 0 Å². The molecule has 4 fully saturated rings. The molecule has 162 valence electrons. The highest BCUT2D eigenvalue weighted by atomic mass is 16.5. The van der Waals surface area contributed by atoms with Crippen LogP contribution >= 0.6 is 0 Å². The molecule has 0 heterocycles. The normalized spacial score (nSPS) is 36.2. The number of hydrogen-bond donors (Lipinski definition) is 2. The van der Waals surface area contributed by atoms with Gasteiger partial charge in [0.15, 0.2) is 0 Å². The predicted molar refractivity (Wildman–Crippen MR) is 110 cm³/mol. The Morgan fingerprint density at radius 3 is 1.79 bits per heavy atom. The fourth-order valence-electron chi connectivity index (χ4n) is 7.74. The Hall–Kier alpha value is -0.650. The molecule has 0 aliphatic heterocycles. The molecule has 0 aromatic carbocycles. The van der Waals surface area contributed by atoms with Crippen molar-refractivity contribution in [3.8, 4) is 0 Å². The van der Waals surface area contributed by atoms with Gasteiger partial charge in [0.2, 0.25) is 0 Å². The molecule has 4 bridgehead atoms. The van der Waals surface area contributed by atoms with Crippen LogP contribution in [0.3, 0.4) is 0 Å². The van der Waals surface area contributed by atoms with Crippen LogP contribution in [-0.4, -0.2) is 61.5 Å². The van der Waals surface area contributed by atoms with Crippen molar-refractivity contribution in [1.29, 1.82) is 0 Å². The summed E-state index contributed by atoms with van der Waals surface area (Å²) in [6, 6.07) is 0. The van der Waals surface area contributed by atoms with E-state index in [1.807, 2.05) is 19.0 Å². The van der Waals surface area contributed by atoms with E-state index in [-0.39, 0.29) is 5.97 Å². The van der Waals surface area contributed by atoms with Crippen molar-refractivity contribution in [2.24, 2.45) is 22.2 Å². The van der Waals surface area contributed by atoms with Crippen molar-refractivity contribution >= 4 is 5.97 Å². The second-order valence-corrected chi connectivity index (χ2v) is 10.7. The maximum absolute atomic E-state index is 11.8. The number of ether oxygens (including phenoxy) is 1. The number of aliphatic hydroxyl groups excluding tert-OH is 2. The summed E-state index contributed by atoms with van der Waals surface area (Å²) >= 11 is 0. The quantitative estimate of drug-likeness (QED) is 0.392. The van der Waals surface area contributed by atoms with Crippen molar-refractivity contribution in [2.75, 3.05) is 40.5 Å². The van der Waals surface area contributed by atoms with Gasteiger partial charge in [-0.15, -0.1) is 0 Å². The first kappa shape index (κ1) is 22.0. The highest BCUT2D eigenvalue weighted by Gasteiger charge is 2.61. The number of likely N-dealkylation sites (N-methyl/N-ethyl adjacent to an activating group) is 1. The standard InChI is InChI=1S/C23H41NO4/c1-24(2)15-20(27)28-11-5-8-23-14-19-12-21(17-23,6-3-9-25)16-22(13-19,18-23)7-4-10-26/h19,25-26H,3-18H2,1-2H3. The third-order valence-corrected chi connectivity index (χ3v) is 7.71. The summed E-state index contributed by atoms with van der Waals surface area (Å²) in [6.07, 6.45) is 14.2. The third kappa shape index (κ3) is 5.09. The van der Waals surface area contributed by atoms with Crippen LogP contribution < -0.4 is 0 Å². The Morgan fingerprint density at radius 1 is 0.893 bits per heavy atom. The summed E-state index contributed by atoms with van der Waals surface area (Å²) < 4.78 is 5.45. The van der Waals surface area contributed by atoms with Crippen molar-refractivity contribution in [1.82, 2.24) is 4.90 Å². The topological polar surface area (TPSA) is 70.0 Å². The molecule has 0 saturated heterocycles. The van der Waals surface area contributed by atoms with Gasteiger partial charge in [-0.25, -0.2) is 0 Å². The van der Waals surface area contributed by atoms with Gasteiger partial charge in [-0.05, 0) is 113 Å². The Kier molecular flexibility index (Phi) is 7.09. The molecule has 4 rings (SSSR count). The van der Waals surface area contributed by atoms with Gasteiger partial charge in [-0.2, -0.15) is 0 Å². The lowest BCUT2D eigenvalue weighted by Crippen LogP contribution is -2.57. The third-order valence-electron chi connectivity index (χ3n) is 7.71. The number of esters is 1. The fraction of sp³-hybridized carbons (Fsp3) is 0.957. The average Bonchev–Trinajstić information content (AvgIpc) is 2.60. The molecule has 28 heavy (non-hydrogen) atoms. The van der Waals surface area contributed by atoms with Gasteiger partial charge < -0.3 is 14.9 Å². The molecule has 4 aliphatic carbocycles. The molecule has 4 aliphatic rings. The lowest BCUT2D eigenvalue weighted by molar-refractivity contribution is -0.171. The van der Waals surface area contributed by atoms with Gasteiger partial charge in [0.25, 0.3) is 0 Å². The smallest absolute Gasteiger partial charge is 0.320 e. The first-order valence-corrected chi connectivity index (χ1v) is 11.4. The van der Waals surface area contributed by atoms with Crippen LogP contribution in [0.5, 0.6) is 0 Å². The molecule has 5 heteroatoms. The van der Waals surface area contributed by atoms with Gasteiger partial charge >= 0.3 is 5.97 Å². The number of aliphatic hydroxyl groups is 2. The number of rotatable bonds is 12. The fourth-order valence-corrected chi connectivity index (χ4v) is 7.74. The zero-order chi connectivity index (χ0) is 20.3. The van der Waals surface area contributed by atoms with E-state index >= 15 is 0 Å². The summed E-state index contributed by atoms with van der Waals surface area (Å²) in [7, 11) is 3.77. The van der Waals surface area contributed by atoms with E-state index in [0.29, 0.717) is 42.6 Å². The molecule has 0 spiro atoms. The summed E-state index contributed by atoms with van der Waals surface area (Å²) in [5.41, 5.74) is 1.19. The van der Waals surface area contributed by atoms with Gasteiger partial charge in [-0.3, -0.25) is 9.69 Å². The van der Waals surface area contributed by atoms with Crippen molar-refractivity contribution in [2.45, 2.75) is 77.0 Å². The molecule has 0 aromatic rings. The molecule has 2 N–H and O–H groups in total. The highest BCUT2D eigenvalue weighted by Crippen LogP contribution is 2.72. The molecule has 2 unspecified atom stereocenters. The zero-order valence-corrected chi connectivity index (χ0v) is 18.0. The minimum Gasteiger partial charge on any atom is -0.465 e. The number of carbonyl (C=O) groups excluding carboxylic acids is 1. The van der Waals surface area contributed by atoms with Crippen molar-refractivity contribution < 1.29 is 19.7 Å². The van der Waals surface area contributed by atoms with Crippen LogP contribution in [-0.2, 0) is 9.53 Å². The zero-order valence-electron chi connectivity index (χ0n) is 18.0. The van der Waals surface area contributed by atoms with E-state index in [4.69, 9.17) is 4.74 Å². The molecular formula is C23H41NO4. The molecule has 2 atom stereocenters. The van der Waals surface area contributed by atoms with Crippen LogP contribution in [0.15, 0.2) is 0 Å². The van der Waals surface area contributed by atoms with Crippen LogP contribution in [0.2, 0.25) is 0 Å². The van der Waals surface area contributed by atoms with Crippen molar-refractivity contribution in [3.63, 3.8) is 0 Å². The van der Waals surface area contributed by atoms with Gasteiger partial charge in [0.05, 0.1) is 13.2 Å². The maximum Gasteiger partial charge on any atom is 0.320 e. The Morgan fingerprint density at radius 2 is 1.36 bits per heavy atom. The molecule has 0 radical (unpaired) electrons.